The first kappa shape index (κ1) is 12.7. The van der Waals surface area contributed by atoms with Crippen LogP contribution in [0.15, 0.2) is 54.6 Å². The number of amides is 1. The fraction of sp³-hybridized carbons (Fsp3) is 0.235. The van der Waals surface area contributed by atoms with E-state index in [9.17, 15) is 4.79 Å². The number of fused-ring (bicyclic) bond motifs is 1. The van der Waals surface area contributed by atoms with Gasteiger partial charge < -0.3 is 4.74 Å². The van der Waals surface area contributed by atoms with Gasteiger partial charge in [0.15, 0.2) is 0 Å². The molecule has 102 valence electrons. The number of hydrogen-bond donors (Lipinski definition) is 0. The number of nitrogens with zero attached hydrogens (tertiary/aromatic N) is 1. The Morgan fingerprint density at radius 3 is 2.45 bits per heavy atom. The molecule has 0 unspecified atom stereocenters. The second-order valence-corrected chi connectivity index (χ2v) is 5.63. The molecule has 0 aliphatic carbocycles. The summed E-state index contributed by atoms with van der Waals surface area (Å²) in [6.07, 6.45) is 0.513. The van der Waals surface area contributed by atoms with Gasteiger partial charge in [-0.15, -0.1) is 0 Å². The number of ether oxygens (including phenoxy) is 1. The van der Waals surface area contributed by atoms with E-state index in [2.05, 4.69) is 19.9 Å². The predicted molar refractivity (Wildman–Crippen MR) is 79.2 cm³/mol. The highest BCUT2D eigenvalue weighted by atomic mass is 16.6. The molecule has 0 aromatic heterocycles. The van der Waals surface area contributed by atoms with E-state index in [1.54, 1.807) is 17.0 Å². The van der Waals surface area contributed by atoms with Gasteiger partial charge >= 0.3 is 6.09 Å². The Hall–Kier alpha value is -2.29. The zero-order valence-electron chi connectivity index (χ0n) is 11.7. The van der Waals surface area contributed by atoms with E-state index in [-0.39, 0.29) is 11.6 Å². The number of benzene rings is 2. The number of para-hydroxylation sites is 2. The molecule has 2 aromatic carbocycles. The summed E-state index contributed by atoms with van der Waals surface area (Å²) in [5.74, 6) is 0.567. The standard InChI is InChI=1S/C17H17NO2/c1-17(2)12-13-8-6-7-11-15(13)18(17)16(19)20-14-9-4-3-5-10-14/h3-11H,12H2,1-2H3. The molecule has 3 heteroatoms. The molecule has 0 atom stereocenters. The van der Waals surface area contributed by atoms with Crippen LogP contribution in [0.5, 0.6) is 5.75 Å². The average molecular weight is 267 g/mol. The first-order chi connectivity index (χ1) is 9.58. The largest absolute Gasteiger partial charge is 0.420 e. The molecule has 0 saturated heterocycles. The van der Waals surface area contributed by atoms with Crippen molar-refractivity contribution in [3.05, 3.63) is 60.2 Å². The summed E-state index contributed by atoms with van der Waals surface area (Å²) >= 11 is 0. The van der Waals surface area contributed by atoms with Gasteiger partial charge in [-0.25, -0.2) is 4.79 Å². The number of rotatable bonds is 1. The van der Waals surface area contributed by atoms with Gasteiger partial charge in [0.2, 0.25) is 0 Å². The minimum atomic E-state index is -0.328. The summed E-state index contributed by atoms with van der Waals surface area (Å²) in [5.41, 5.74) is 1.86. The van der Waals surface area contributed by atoms with Crippen molar-refractivity contribution in [1.29, 1.82) is 0 Å². The Bertz CT molecular complexity index is 634. The third kappa shape index (κ3) is 2.16. The summed E-state index contributed by atoms with van der Waals surface area (Å²) in [7, 11) is 0. The Morgan fingerprint density at radius 1 is 1.05 bits per heavy atom. The summed E-state index contributed by atoms with van der Waals surface area (Å²) in [5, 5.41) is 0. The molecule has 0 N–H and O–H groups in total. The maximum Gasteiger partial charge on any atom is 0.420 e. The van der Waals surface area contributed by atoms with Crippen molar-refractivity contribution >= 4 is 11.8 Å². The van der Waals surface area contributed by atoms with Gasteiger partial charge in [-0.05, 0) is 44.0 Å². The van der Waals surface area contributed by atoms with Gasteiger partial charge in [0.1, 0.15) is 5.75 Å². The van der Waals surface area contributed by atoms with Crippen molar-refractivity contribution in [2.75, 3.05) is 4.90 Å². The first-order valence-corrected chi connectivity index (χ1v) is 6.73. The first-order valence-electron chi connectivity index (χ1n) is 6.73. The minimum Gasteiger partial charge on any atom is -0.410 e. The molecule has 0 saturated carbocycles. The van der Waals surface area contributed by atoms with Crippen molar-refractivity contribution in [3.8, 4) is 5.75 Å². The highest BCUT2D eigenvalue weighted by molar-refractivity contribution is 5.93. The fourth-order valence-electron chi connectivity index (χ4n) is 2.73. The molecule has 1 aliphatic heterocycles. The van der Waals surface area contributed by atoms with Crippen LogP contribution in [0.1, 0.15) is 19.4 Å². The lowest BCUT2D eigenvalue weighted by molar-refractivity contribution is 0.201. The van der Waals surface area contributed by atoms with E-state index in [1.807, 2.05) is 36.4 Å². The Labute approximate surface area is 118 Å². The van der Waals surface area contributed by atoms with Crippen molar-refractivity contribution in [3.63, 3.8) is 0 Å². The van der Waals surface area contributed by atoms with Crippen LogP contribution in [0, 0.1) is 0 Å². The zero-order chi connectivity index (χ0) is 14.2. The van der Waals surface area contributed by atoms with Crippen molar-refractivity contribution < 1.29 is 9.53 Å². The molecule has 0 fully saturated rings. The number of anilines is 1. The zero-order valence-corrected chi connectivity index (χ0v) is 11.7. The van der Waals surface area contributed by atoms with Crippen molar-refractivity contribution in [2.24, 2.45) is 0 Å². The van der Waals surface area contributed by atoms with Crippen LogP contribution in [0.2, 0.25) is 0 Å². The molecule has 3 nitrogen and oxygen atoms in total. The lowest BCUT2D eigenvalue weighted by Gasteiger charge is -2.31. The topological polar surface area (TPSA) is 29.5 Å². The van der Waals surface area contributed by atoms with E-state index >= 15 is 0 Å². The summed E-state index contributed by atoms with van der Waals surface area (Å²) in [4.78, 5) is 14.2. The van der Waals surface area contributed by atoms with E-state index in [0.717, 1.165) is 12.1 Å². The quantitative estimate of drug-likeness (QED) is 0.780. The van der Waals surface area contributed by atoms with Crippen LogP contribution in [0.25, 0.3) is 0 Å². The van der Waals surface area contributed by atoms with Gasteiger partial charge in [0.05, 0.1) is 5.69 Å². The minimum absolute atomic E-state index is 0.268. The van der Waals surface area contributed by atoms with Gasteiger partial charge in [0, 0.05) is 5.54 Å². The monoisotopic (exact) mass is 267 g/mol. The maximum absolute atomic E-state index is 12.5. The van der Waals surface area contributed by atoms with Crippen LogP contribution in [0.3, 0.4) is 0 Å². The summed E-state index contributed by atoms with van der Waals surface area (Å²) < 4.78 is 5.48. The smallest absolute Gasteiger partial charge is 0.410 e. The van der Waals surface area contributed by atoms with E-state index in [4.69, 9.17) is 4.74 Å². The molecule has 0 radical (unpaired) electrons. The molecular weight excluding hydrogens is 250 g/mol. The van der Waals surface area contributed by atoms with Crippen LogP contribution in [0.4, 0.5) is 10.5 Å². The maximum atomic E-state index is 12.5. The third-order valence-corrected chi connectivity index (χ3v) is 3.59. The molecule has 1 aliphatic rings. The second-order valence-electron chi connectivity index (χ2n) is 5.63. The number of carbonyl (C=O) groups excluding carboxylic acids is 1. The Morgan fingerprint density at radius 2 is 1.70 bits per heavy atom. The normalized spacial score (nSPS) is 15.8. The van der Waals surface area contributed by atoms with Gasteiger partial charge in [-0.2, -0.15) is 0 Å². The fourth-order valence-corrected chi connectivity index (χ4v) is 2.73. The molecule has 0 spiro atoms. The molecule has 1 amide bonds. The Kier molecular flexibility index (Phi) is 2.97. The number of hydrogen-bond acceptors (Lipinski definition) is 2. The van der Waals surface area contributed by atoms with E-state index in [0.29, 0.717) is 5.75 Å². The highest BCUT2D eigenvalue weighted by Crippen LogP contribution is 2.38. The molecule has 3 rings (SSSR count). The van der Waals surface area contributed by atoms with Crippen LogP contribution < -0.4 is 9.64 Å². The van der Waals surface area contributed by atoms with Gasteiger partial charge in [-0.1, -0.05) is 36.4 Å². The van der Waals surface area contributed by atoms with Crippen LogP contribution >= 0.6 is 0 Å². The molecule has 20 heavy (non-hydrogen) atoms. The number of carbonyl (C=O) groups is 1. The van der Waals surface area contributed by atoms with E-state index in [1.165, 1.54) is 5.56 Å². The lowest BCUT2D eigenvalue weighted by Crippen LogP contribution is -2.46. The summed E-state index contributed by atoms with van der Waals surface area (Å²) in [6.45, 7) is 4.11. The molecule has 0 bridgehead atoms. The molecule has 1 heterocycles. The van der Waals surface area contributed by atoms with Crippen LogP contribution in [-0.2, 0) is 6.42 Å². The van der Waals surface area contributed by atoms with Crippen molar-refractivity contribution in [1.82, 2.24) is 0 Å². The van der Waals surface area contributed by atoms with Gasteiger partial charge in [0.25, 0.3) is 0 Å². The third-order valence-electron chi connectivity index (χ3n) is 3.59. The lowest BCUT2D eigenvalue weighted by atomic mass is 10.00. The second kappa shape index (κ2) is 4.67. The van der Waals surface area contributed by atoms with E-state index < -0.39 is 0 Å². The molecule has 2 aromatic rings. The average Bonchev–Trinajstić information content (AvgIpc) is 2.69. The Balaban J connectivity index is 1.90. The summed E-state index contributed by atoms with van der Waals surface area (Å²) in [6, 6.07) is 17.1. The van der Waals surface area contributed by atoms with Crippen molar-refractivity contribution in [2.45, 2.75) is 25.8 Å². The van der Waals surface area contributed by atoms with Crippen LogP contribution in [-0.4, -0.2) is 11.6 Å². The van der Waals surface area contributed by atoms with Gasteiger partial charge in [-0.3, -0.25) is 4.90 Å². The predicted octanol–water partition coefficient (Wildman–Crippen LogP) is 4.03. The molecular formula is C17H17NO2. The highest BCUT2D eigenvalue weighted by Gasteiger charge is 2.40. The SMILES string of the molecule is CC1(C)Cc2ccccc2N1C(=O)Oc1ccccc1.